The first-order valence-electron chi connectivity index (χ1n) is 10.2. The number of amides is 1. The van der Waals surface area contributed by atoms with Crippen LogP contribution in [0.3, 0.4) is 0 Å². The Morgan fingerprint density at radius 1 is 1.39 bits per heavy atom. The van der Waals surface area contributed by atoms with Crippen molar-refractivity contribution in [1.29, 1.82) is 0 Å². The summed E-state index contributed by atoms with van der Waals surface area (Å²) >= 11 is 6.31. The van der Waals surface area contributed by atoms with E-state index in [1.807, 2.05) is 17.6 Å². The minimum Gasteiger partial charge on any atom is -0.394 e. The van der Waals surface area contributed by atoms with Crippen LogP contribution in [0.15, 0.2) is 30.6 Å². The van der Waals surface area contributed by atoms with Gasteiger partial charge in [0.05, 0.1) is 47.0 Å². The number of hydrogen-bond donors (Lipinski definition) is 3. The Bertz CT molecular complexity index is 1110. The van der Waals surface area contributed by atoms with Crippen LogP contribution >= 0.6 is 11.6 Å². The van der Waals surface area contributed by atoms with Crippen LogP contribution in [0.5, 0.6) is 0 Å². The lowest BCUT2D eigenvalue weighted by atomic mass is 9.85. The molecule has 0 spiro atoms. The summed E-state index contributed by atoms with van der Waals surface area (Å²) in [6, 6.07) is 6.91. The fourth-order valence-corrected chi connectivity index (χ4v) is 3.91. The van der Waals surface area contributed by atoms with Crippen LogP contribution in [0, 0.1) is 18.7 Å². The second-order valence-electron chi connectivity index (χ2n) is 7.79. The maximum absolute atomic E-state index is 15.6. The second kappa shape index (κ2) is 9.21. The Morgan fingerprint density at radius 2 is 2.19 bits per heavy atom. The molecule has 3 aromatic rings. The third kappa shape index (κ3) is 4.51. The highest BCUT2D eigenvalue weighted by Gasteiger charge is 2.24. The van der Waals surface area contributed by atoms with Crippen LogP contribution in [0.1, 0.15) is 35.2 Å². The zero-order chi connectivity index (χ0) is 22.0. The number of aromatic nitrogens is 2. The number of halogens is 2. The number of carbonyl (C=O) groups excluding carboxylic acids is 1. The number of hydrogen-bond acceptors (Lipinski definition) is 5. The summed E-state index contributed by atoms with van der Waals surface area (Å²) < 4.78 is 17.5. The van der Waals surface area contributed by atoms with E-state index in [0.717, 1.165) is 24.9 Å². The van der Waals surface area contributed by atoms with Gasteiger partial charge in [-0.2, -0.15) is 0 Å². The number of fused-ring (bicyclic) bond motifs is 1. The predicted molar refractivity (Wildman–Crippen MR) is 117 cm³/mol. The molecule has 3 N–H and O–H groups in total. The third-order valence-electron chi connectivity index (χ3n) is 5.52. The van der Waals surface area contributed by atoms with E-state index < -0.39 is 11.7 Å². The van der Waals surface area contributed by atoms with Gasteiger partial charge in [0.1, 0.15) is 5.52 Å². The van der Waals surface area contributed by atoms with Crippen molar-refractivity contribution in [2.24, 2.45) is 5.92 Å². The van der Waals surface area contributed by atoms with Gasteiger partial charge in [-0.25, -0.2) is 14.9 Å². The summed E-state index contributed by atoms with van der Waals surface area (Å²) in [4.78, 5) is 22.0. The van der Waals surface area contributed by atoms with E-state index in [2.05, 4.69) is 15.8 Å². The highest BCUT2D eigenvalue weighted by Crippen LogP contribution is 2.35. The van der Waals surface area contributed by atoms with Crippen molar-refractivity contribution in [3.05, 3.63) is 52.6 Å². The molecular weight excluding hydrogens is 423 g/mol. The summed E-state index contributed by atoms with van der Waals surface area (Å²) in [6.07, 6.45) is 5.08. The lowest BCUT2D eigenvalue weighted by Gasteiger charge is -2.25. The standard InChI is InChI=1S/C22H24ClFN4O3/c1-13-5-6-17(16(23)9-13)26-20-15(22(30)27-31-8-7-29)10-18-21(19(20)24)25-12-28(18)11-14-3-2-4-14/h5-6,9-10,12,14,26,29H,2-4,7-8,11H2,1H3,(H,27,30). The molecule has 1 heterocycles. The number of aryl methyl sites for hydroxylation is 1. The monoisotopic (exact) mass is 446 g/mol. The highest BCUT2D eigenvalue weighted by molar-refractivity contribution is 6.33. The van der Waals surface area contributed by atoms with Gasteiger partial charge in [-0.05, 0) is 49.4 Å². The van der Waals surface area contributed by atoms with Crippen molar-refractivity contribution >= 4 is 39.9 Å². The Kier molecular flexibility index (Phi) is 6.41. The maximum atomic E-state index is 15.6. The number of nitrogens with zero attached hydrogens (tertiary/aromatic N) is 2. The number of hydroxylamine groups is 1. The van der Waals surface area contributed by atoms with Crippen LogP contribution in [-0.4, -0.2) is 33.8 Å². The van der Waals surface area contributed by atoms with Gasteiger partial charge in [0, 0.05) is 6.54 Å². The van der Waals surface area contributed by atoms with Crippen LogP contribution < -0.4 is 10.8 Å². The minimum absolute atomic E-state index is 0.0442. The first-order chi connectivity index (χ1) is 15.0. The molecule has 0 radical (unpaired) electrons. The van der Waals surface area contributed by atoms with Crippen molar-refractivity contribution in [2.45, 2.75) is 32.7 Å². The van der Waals surface area contributed by atoms with Crippen LogP contribution in [0.25, 0.3) is 11.0 Å². The number of anilines is 2. The molecule has 0 bridgehead atoms. The topological polar surface area (TPSA) is 88.4 Å². The molecule has 1 aromatic heterocycles. The zero-order valence-electron chi connectivity index (χ0n) is 17.1. The fraction of sp³-hybridized carbons (Fsp3) is 0.364. The molecule has 164 valence electrons. The van der Waals surface area contributed by atoms with Gasteiger partial charge in [0.2, 0.25) is 0 Å². The molecule has 1 fully saturated rings. The molecule has 2 aromatic carbocycles. The zero-order valence-corrected chi connectivity index (χ0v) is 17.9. The summed E-state index contributed by atoms with van der Waals surface area (Å²) in [6.45, 7) is 2.29. The summed E-state index contributed by atoms with van der Waals surface area (Å²) in [5.74, 6) is -0.750. The average Bonchev–Trinajstić information content (AvgIpc) is 3.11. The van der Waals surface area contributed by atoms with E-state index in [4.69, 9.17) is 21.5 Å². The van der Waals surface area contributed by atoms with Crippen LogP contribution in [0.2, 0.25) is 5.02 Å². The van der Waals surface area contributed by atoms with Gasteiger partial charge in [0.25, 0.3) is 5.91 Å². The lowest BCUT2D eigenvalue weighted by molar-refractivity contribution is 0.0169. The largest absolute Gasteiger partial charge is 0.394 e. The molecule has 1 saturated carbocycles. The number of benzene rings is 2. The van der Waals surface area contributed by atoms with Crippen molar-refractivity contribution < 1.29 is 19.1 Å². The van der Waals surface area contributed by atoms with E-state index >= 15 is 4.39 Å². The van der Waals surface area contributed by atoms with Crippen LogP contribution in [0.4, 0.5) is 15.8 Å². The second-order valence-corrected chi connectivity index (χ2v) is 8.19. The molecule has 7 nitrogen and oxygen atoms in total. The molecule has 0 unspecified atom stereocenters. The number of imidazole rings is 1. The van der Waals surface area contributed by atoms with Gasteiger partial charge in [0.15, 0.2) is 5.82 Å². The first kappa shape index (κ1) is 21.5. The number of carbonyl (C=O) groups is 1. The molecule has 1 amide bonds. The summed E-state index contributed by atoms with van der Waals surface area (Å²) in [5.41, 5.74) is 4.39. The Labute approximate surface area is 184 Å². The average molecular weight is 447 g/mol. The number of nitrogens with one attached hydrogen (secondary N) is 2. The molecule has 4 rings (SSSR count). The molecule has 1 aliphatic carbocycles. The van der Waals surface area contributed by atoms with Crippen LogP contribution in [-0.2, 0) is 11.4 Å². The lowest BCUT2D eigenvalue weighted by Crippen LogP contribution is -2.26. The van der Waals surface area contributed by atoms with E-state index in [-0.39, 0.29) is 30.0 Å². The van der Waals surface area contributed by atoms with Gasteiger partial charge in [-0.15, -0.1) is 0 Å². The normalized spacial score (nSPS) is 13.9. The molecular formula is C22H24ClFN4O3. The Morgan fingerprint density at radius 3 is 2.87 bits per heavy atom. The summed E-state index contributed by atoms with van der Waals surface area (Å²) in [7, 11) is 0. The number of aliphatic hydroxyl groups excluding tert-OH is 1. The first-order valence-corrected chi connectivity index (χ1v) is 10.6. The minimum atomic E-state index is -0.645. The van der Waals surface area contributed by atoms with E-state index in [1.54, 1.807) is 24.5 Å². The van der Waals surface area contributed by atoms with E-state index in [0.29, 0.717) is 22.1 Å². The van der Waals surface area contributed by atoms with Crippen molar-refractivity contribution in [1.82, 2.24) is 15.0 Å². The van der Waals surface area contributed by atoms with Gasteiger partial charge in [-0.3, -0.25) is 9.63 Å². The van der Waals surface area contributed by atoms with Crippen molar-refractivity contribution in [2.75, 3.05) is 18.5 Å². The molecule has 9 heteroatoms. The van der Waals surface area contributed by atoms with E-state index in [1.165, 1.54) is 6.42 Å². The van der Waals surface area contributed by atoms with Gasteiger partial charge in [-0.1, -0.05) is 24.1 Å². The van der Waals surface area contributed by atoms with E-state index in [9.17, 15) is 4.79 Å². The fourth-order valence-electron chi connectivity index (χ4n) is 3.63. The maximum Gasteiger partial charge on any atom is 0.277 e. The Hall–Kier alpha value is -2.68. The molecule has 1 aliphatic rings. The highest BCUT2D eigenvalue weighted by atomic mass is 35.5. The van der Waals surface area contributed by atoms with Crippen molar-refractivity contribution in [3.8, 4) is 0 Å². The smallest absolute Gasteiger partial charge is 0.277 e. The third-order valence-corrected chi connectivity index (χ3v) is 5.84. The summed E-state index contributed by atoms with van der Waals surface area (Å²) in [5, 5.41) is 12.2. The Balaban J connectivity index is 1.76. The molecule has 0 aliphatic heterocycles. The molecule has 0 atom stereocenters. The molecule has 0 saturated heterocycles. The number of aliphatic hydroxyl groups is 1. The van der Waals surface area contributed by atoms with Gasteiger partial charge < -0.3 is 15.0 Å². The molecule has 31 heavy (non-hydrogen) atoms. The quantitative estimate of drug-likeness (QED) is 0.354. The SMILES string of the molecule is Cc1ccc(Nc2c(C(=O)NOCCO)cc3c(ncn3CC3CCC3)c2F)c(Cl)c1. The number of rotatable bonds is 8. The van der Waals surface area contributed by atoms with Crippen molar-refractivity contribution in [3.63, 3.8) is 0 Å². The van der Waals surface area contributed by atoms with Gasteiger partial charge >= 0.3 is 0 Å². The predicted octanol–water partition coefficient (Wildman–Crippen LogP) is 4.33.